The Morgan fingerprint density at radius 2 is 1.75 bits per heavy atom. The van der Waals surface area contributed by atoms with Crippen molar-refractivity contribution in [1.29, 1.82) is 0 Å². The predicted molar refractivity (Wildman–Crippen MR) is 96.3 cm³/mol. The van der Waals surface area contributed by atoms with Crippen LogP contribution in [-0.4, -0.2) is 55.5 Å². The molecule has 0 fully saturated rings. The van der Waals surface area contributed by atoms with Gasteiger partial charge < -0.3 is 15.1 Å². The minimum atomic E-state index is -0.216. The lowest BCUT2D eigenvalue weighted by molar-refractivity contribution is 0.0936. The van der Waals surface area contributed by atoms with Crippen LogP contribution in [0.25, 0.3) is 0 Å². The van der Waals surface area contributed by atoms with Gasteiger partial charge in [-0.15, -0.1) is 0 Å². The van der Waals surface area contributed by atoms with Gasteiger partial charge in [0.2, 0.25) is 0 Å². The van der Waals surface area contributed by atoms with Crippen LogP contribution in [0.1, 0.15) is 27.7 Å². The summed E-state index contributed by atoms with van der Waals surface area (Å²) in [6, 6.07) is 8.46. The van der Waals surface area contributed by atoms with E-state index in [1.807, 2.05) is 33.1 Å². The van der Waals surface area contributed by atoms with Crippen LogP contribution in [-0.2, 0) is 0 Å². The molecule has 0 aliphatic rings. The second-order valence-electron chi connectivity index (χ2n) is 6.25. The van der Waals surface area contributed by atoms with Gasteiger partial charge in [0.15, 0.2) is 0 Å². The van der Waals surface area contributed by atoms with E-state index in [9.17, 15) is 4.79 Å². The van der Waals surface area contributed by atoms with E-state index in [1.54, 1.807) is 6.20 Å². The molecule has 0 unspecified atom stereocenters. The van der Waals surface area contributed by atoms with Gasteiger partial charge in [0, 0.05) is 20.6 Å². The molecule has 0 aliphatic heterocycles. The molecule has 128 valence electrons. The highest BCUT2D eigenvalue weighted by molar-refractivity contribution is 5.92. The molecule has 24 heavy (non-hydrogen) atoms. The van der Waals surface area contributed by atoms with Crippen molar-refractivity contribution in [1.82, 2.24) is 20.2 Å². The zero-order valence-electron chi connectivity index (χ0n) is 14.9. The molecule has 0 radical (unpaired) electrons. The quantitative estimate of drug-likeness (QED) is 0.878. The highest BCUT2D eigenvalue weighted by atomic mass is 16.1. The summed E-state index contributed by atoms with van der Waals surface area (Å²) in [5, 5.41) is 2.95. The first-order valence-electron chi connectivity index (χ1n) is 7.89. The lowest BCUT2D eigenvalue weighted by Gasteiger charge is -2.25. The normalized spacial score (nSPS) is 12.1. The van der Waals surface area contributed by atoms with Gasteiger partial charge in [-0.2, -0.15) is 0 Å². The van der Waals surface area contributed by atoms with Crippen molar-refractivity contribution in [3.8, 4) is 0 Å². The van der Waals surface area contributed by atoms with E-state index in [1.165, 1.54) is 17.3 Å². The number of hydrogen-bond donors (Lipinski definition) is 1. The fraction of sp³-hybridized carbons (Fsp3) is 0.389. The van der Waals surface area contributed by atoms with Crippen LogP contribution < -0.4 is 10.2 Å². The van der Waals surface area contributed by atoms with Gasteiger partial charge in [-0.1, -0.05) is 29.8 Å². The first-order chi connectivity index (χ1) is 11.4. The molecule has 1 atom stereocenters. The molecule has 2 aromatic rings. The summed E-state index contributed by atoms with van der Waals surface area (Å²) in [7, 11) is 7.77. The molecule has 0 saturated carbocycles. The molecule has 1 aromatic heterocycles. The van der Waals surface area contributed by atoms with Gasteiger partial charge in [0.25, 0.3) is 5.91 Å². The lowest BCUT2D eigenvalue weighted by atomic mass is 10.0. The van der Waals surface area contributed by atoms with E-state index in [2.05, 4.69) is 51.4 Å². The van der Waals surface area contributed by atoms with Crippen LogP contribution >= 0.6 is 0 Å². The Balaban J connectivity index is 2.03. The number of hydrogen-bond acceptors (Lipinski definition) is 5. The van der Waals surface area contributed by atoms with Crippen LogP contribution in [0.4, 0.5) is 5.82 Å². The minimum absolute atomic E-state index is 0.101. The Labute approximate surface area is 143 Å². The maximum absolute atomic E-state index is 12.3. The van der Waals surface area contributed by atoms with Gasteiger partial charge >= 0.3 is 0 Å². The second-order valence-corrected chi connectivity index (χ2v) is 6.25. The number of benzene rings is 1. The summed E-state index contributed by atoms with van der Waals surface area (Å²) in [5.41, 5.74) is 2.71. The van der Waals surface area contributed by atoms with E-state index >= 15 is 0 Å². The van der Waals surface area contributed by atoms with Crippen LogP contribution in [0.5, 0.6) is 0 Å². The topological polar surface area (TPSA) is 61.4 Å². The number of nitrogens with zero attached hydrogens (tertiary/aromatic N) is 4. The zero-order valence-corrected chi connectivity index (χ0v) is 14.9. The van der Waals surface area contributed by atoms with Gasteiger partial charge in [-0.05, 0) is 26.6 Å². The van der Waals surface area contributed by atoms with Gasteiger partial charge in [0.05, 0.1) is 18.4 Å². The smallest absolute Gasteiger partial charge is 0.271 e. The second kappa shape index (κ2) is 7.88. The van der Waals surface area contributed by atoms with E-state index in [4.69, 9.17) is 0 Å². The molecule has 1 heterocycles. The fourth-order valence-corrected chi connectivity index (χ4v) is 2.34. The molecule has 0 saturated heterocycles. The fourth-order valence-electron chi connectivity index (χ4n) is 2.34. The molecule has 2 rings (SSSR count). The number of amides is 1. The maximum atomic E-state index is 12.3. The van der Waals surface area contributed by atoms with E-state index in [-0.39, 0.29) is 11.9 Å². The number of aromatic nitrogens is 2. The van der Waals surface area contributed by atoms with Gasteiger partial charge in [-0.25, -0.2) is 9.97 Å². The number of aryl methyl sites for hydroxylation is 1. The Hall–Kier alpha value is -2.47. The standard InChI is InChI=1S/C18H25N5O/c1-13-6-8-14(9-7-13)16(22(2)3)11-21-18(24)15-10-20-17(12-19-15)23(4)5/h6-10,12,16H,11H2,1-5H3,(H,21,24)/t16-/m1/s1. The molecule has 1 amide bonds. The number of rotatable bonds is 6. The number of likely N-dealkylation sites (N-methyl/N-ethyl adjacent to an activating group) is 1. The Kier molecular flexibility index (Phi) is 5.87. The first kappa shape index (κ1) is 17.9. The SMILES string of the molecule is Cc1ccc([C@@H](CNC(=O)c2cnc(N(C)C)cn2)N(C)C)cc1. The first-order valence-corrected chi connectivity index (χ1v) is 7.89. The Morgan fingerprint density at radius 3 is 2.25 bits per heavy atom. The maximum Gasteiger partial charge on any atom is 0.271 e. The highest BCUT2D eigenvalue weighted by Gasteiger charge is 2.16. The van der Waals surface area contributed by atoms with Crippen molar-refractivity contribution < 1.29 is 4.79 Å². The van der Waals surface area contributed by atoms with Crippen LogP contribution in [0.15, 0.2) is 36.7 Å². The Bertz CT molecular complexity index is 665. The number of nitrogens with one attached hydrogen (secondary N) is 1. The zero-order chi connectivity index (χ0) is 17.7. The third kappa shape index (κ3) is 4.52. The molecule has 0 bridgehead atoms. The van der Waals surface area contributed by atoms with Crippen LogP contribution in [0, 0.1) is 6.92 Å². The monoisotopic (exact) mass is 327 g/mol. The van der Waals surface area contributed by atoms with Gasteiger partial charge in [-0.3, -0.25) is 4.79 Å². The van der Waals surface area contributed by atoms with Crippen molar-refractivity contribution in [3.05, 3.63) is 53.5 Å². The summed E-state index contributed by atoms with van der Waals surface area (Å²) in [4.78, 5) is 24.6. The largest absolute Gasteiger partial charge is 0.361 e. The predicted octanol–water partition coefficient (Wildman–Crippen LogP) is 1.88. The summed E-state index contributed by atoms with van der Waals surface area (Å²) in [6.07, 6.45) is 3.10. The molecule has 6 nitrogen and oxygen atoms in total. The summed E-state index contributed by atoms with van der Waals surface area (Å²) < 4.78 is 0. The Morgan fingerprint density at radius 1 is 1.08 bits per heavy atom. The van der Waals surface area contributed by atoms with Crippen molar-refractivity contribution in [3.63, 3.8) is 0 Å². The van der Waals surface area contributed by atoms with Crippen LogP contribution in [0.2, 0.25) is 0 Å². The minimum Gasteiger partial charge on any atom is -0.361 e. The van der Waals surface area contributed by atoms with Crippen molar-refractivity contribution in [2.75, 3.05) is 39.6 Å². The van der Waals surface area contributed by atoms with E-state index in [0.29, 0.717) is 12.2 Å². The molecular formula is C18H25N5O. The van der Waals surface area contributed by atoms with Crippen LogP contribution in [0.3, 0.4) is 0 Å². The van der Waals surface area contributed by atoms with Crippen molar-refractivity contribution in [2.45, 2.75) is 13.0 Å². The van der Waals surface area contributed by atoms with E-state index < -0.39 is 0 Å². The van der Waals surface area contributed by atoms with Crippen molar-refractivity contribution >= 4 is 11.7 Å². The van der Waals surface area contributed by atoms with Gasteiger partial charge in [0.1, 0.15) is 11.5 Å². The average molecular weight is 327 g/mol. The lowest BCUT2D eigenvalue weighted by Crippen LogP contribution is -2.35. The van der Waals surface area contributed by atoms with E-state index in [0.717, 1.165) is 5.82 Å². The number of carbonyl (C=O) groups excluding carboxylic acids is 1. The average Bonchev–Trinajstić information content (AvgIpc) is 2.56. The third-order valence-electron chi connectivity index (χ3n) is 3.87. The molecule has 0 aliphatic carbocycles. The van der Waals surface area contributed by atoms with Crippen molar-refractivity contribution in [2.24, 2.45) is 0 Å². The summed E-state index contributed by atoms with van der Waals surface area (Å²) >= 11 is 0. The molecule has 6 heteroatoms. The molecule has 0 spiro atoms. The third-order valence-corrected chi connectivity index (χ3v) is 3.87. The molecule has 1 N–H and O–H groups in total. The number of carbonyl (C=O) groups is 1. The summed E-state index contributed by atoms with van der Waals surface area (Å²) in [6.45, 7) is 2.57. The molecular weight excluding hydrogens is 302 g/mol. The molecule has 1 aromatic carbocycles. The summed E-state index contributed by atoms with van der Waals surface area (Å²) in [5.74, 6) is 0.504. The number of anilines is 1. The highest BCUT2D eigenvalue weighted by Crippen LogP contribution is 2.18.